The van der Waals surface area contributed by atoms with Gasteiger partial charge in [0.25, 0.3) is 0 Å². The Labute approximate surface area is 102 Å². The van der Waals surface area contributed by atoms with Crippen LogP contribution < -0.4 is 10.2 Å². The summed E-state index contributed by atoms with van der Waals surface area (Å²) in [6.45, 7) is 7.09. The summed E-state index contributed by atoms with van der Waals surface area (Å²) in [6.07, 6.45) is 1.02. The molecule has 0 aromatic carbocycles. The second-order valence-electron chi connectivity index (χ2n) is 3.77. The predicted molar refractivity (Wildman–Crippen MR) is 62.4 cm³/mol. The fourth-order valence-corrected chi connectivity index (χ4v) is 0.795. The van der Waals surface area contributed by atoms with Gasteiger partial charge in [0.05, 0.1) is 20.6 Å². The van der Waals surface area contributed by atoms with Crippen LogP contribution in [-0.4, -0.2) is 50.6 Å². The Morgan fingerprint density at radius 3 is 2.18 bits per heavy atom. The van der Waals surface area contributed by atoms with Gasteiger partial charge in [-0.25, -0.2) is 8.42 Å². The smallest absolute Gasteiger partial charge is 0.246 e. The summed E-state index contributed by atoms with van der Waals surface area (Å²) < 4.78 is 32.8. The summed E-state index contributed by atoms with van der Waals surface area (Å²) >= 11 is 0. The maximum Gasteiger partial charge on any atom is 0.246 e. The van der Waals surface area contributed by atoms with Crippen molar-refractivity contribution in [2.24, 2.45) is 0 Å². The Morgan fingerprint density at radius 1 is 1.47 bits per heavy atom. The van der Waals surface area contributed by atoms with E-state index >= 15 is 0 Å². The number of carbonyl (C=O) groups is 1. The lowest BCUT2D eigenvalue weighted by Gasteiger charge is -2.07. The van der Waals surface area contributed by atoms with Crippen LogP contribution >= 0.6 is 0 Å². The maximum absolute atomic E-state index is 11.0. The molecule has 0 radical (unpaired) electrons. The third kappa shape index (κ3) is 25.4. The Morgan fingerprint density at radius 2 is 1.88 bits per heavy atom. The standard InChI is InChI=1S/C9H18N2O.H2O4S/c1-8(2)9(12)10-6-5-7-11(3)4;1-5(2,3)4/h1,5-7H2,2-4H3,(H,10,12);(H2,1,2,3,4). The van der Waals surface area contributed by atoms with Crippen LogP contribution in [0.3, 0.4) is 0 Å². The van der Waals surface area contributed by atoms with Crippen molar-refractivity contribution < 1.29 is 27.2 Å². The summed E-state index contributed by atoms with van der Waals surface area (Å²) in [5.41, 5.74) is 0.576. The van der Waals surface area contributed by atoms with E-state index in [-0.39, 0.29) is 5.91 Å². The van der Waals surface area contributed by atoms with Crippen molar-refractivity contribution >= 4 is 16.3 Å². The molecule has 17 heavy (non-hydrogen) atoms. The highest BCUT2D eigenvalue weighted by atomic mass is 32.3. The van der Waals surface area contributed by atoms with E-state index in [2.05, 4.69) is 26.0 Å². The molecular formula is C9H20N2O5S. The van der Waals surface area contributed by atoms with Crippen LogP contribution in [0, 0.1) is 0 Å². The molecule has 0 fully saturated rings. The van der Waals surface area contributed by atoms with E-state index in [4.69, 9.17) is 17.5 Å². The molecule has 0 aliphatic heterocycles. The fourth-order valence-electron chi connectivity index (χ4n) is 0.795. The van der Waals surface area contributed by atoms with E-state index in [0.29, 0.717) is 5.57 Å². The van der Waals surface area contributed by atoms with Crippen molar-refractivity contribution in [2.75, 3.05) is 27.2 Å². The Kier molecular flexibility index (Phi) is 9.86. The highest BCUT2D eigenvalue weighted by Gasteiger charge is 2.00. The van der Waals surface area contributed by atoms with Crippen LogP contribution in [0.1, 0.15) is 13.3 Å². The lowest BCUT2D eigenvalue weighted by molar-refractivity contribution is -0.858. The van der Waals surface area contributed by atoms with E-state index in [0.717, 1.165) is 19.5 Å². The van der Waals surface area contributed by atoms with Crippen LogP contribution in [0.5, 0.6) is 0 Å². The van der Waals surface area contributed by atoms with Crippen LogP contribution in [0.25, 0.3) is 0 Å². The van der Waals surface area contributed by atoms with Crippen molar-refractivity contribution in [1.82, 2.24) is 5.32 Å². The van der Waals surface area contributed by atoms with Gasteiger partial charge in [-0.3, -0.25) is 9.35 Å². The Hall–Kier alpha value is -0.960. The zero-order chi connectivity index (χ0) is 14.1. The van der Waals surface area contributed by atoms with Gasteiger partial charge in [0.2, 0.25) is 16.3 Å². The molecule has 0 saturated carbocycles. The van der Waals surface area contributed by atoms with E-state index < -0.39 is 10.4 Å². The Balaban J connectivity index is 0. The highest BCUT2D eigenvalue weighted by molar-refractivity contribution is 7.79. The van der Waals surface area contributed by atoms with Gasteiger partial charge < -0.3 is 14.8 Å². The SMILES string of the molecule is C=C(C)C(=O)NCCC[NH+](C)C.O=S(=O)([O-])O. The first-order valence-electron chi connectivity index (χ1n) is 4.95. The van der Waals surface area contributed by atoms with Gasteiger partial charge in [-0.05, 0) is 6.92 Å². The molecule has 0 bridgehead atoms. The van der Waals surface area contributed by atoms with Gasteiger partial charge in [0.1, 0.15) is 0 Å². The van der Waals surface area contributed by atoms with Crippen molar-refractivity contribution in [3.05, 3.63) is 12.2 Å². The van der Waals surface area contributed by atoms with Crippen LogP contribution in [-0.2, 0) is 15.2 Å². The van der Waals surface area contributed by atoms with Gasteiger partial charge in [0.15, 0.2) is 0 Å². The Bertz CT molecular complexity index is 329. The molecule has 0 aromatic rings. The normalized spacial score (nSPS) is 10.5. The average molecular weight is 268 g/mol. The number of hydrogen-bond acceptors (Lipinski definition) is 4. The minimum Gasteiger partial charge on any atom is -0.726 e. The van der Waals surface area contributed by atoms with Gasteiger partial charge in [0, 0.05) is 18.5 Å². The minimum absolute atomic E-state index is 0.0382. The molecule has 0 unspecified atom stereocenters. The maximum atomic E-state index is 11.0. The van der Waals surface area contributed by atoms with Gasteiger partial charge in [-0.2, -0.15) is 0 Å². The third-order valence-corrected chi connectivity index (χ3v) is 1.53. The number of carbonyl (C=O) groups excluding carboxylic acids is 1. The molecular weight excluding hydrogens is 248 g/mol. The molecule has 0 aliphatic carbocycles. The molecule has 0 aliphatic rings. The van der Waals surface area contributed by atoms with E-state index in [1.807, 2.05) is 0 Å². The minimum atomic E-state index is -4.92. The van der Waals surface area contributed by atoms with E-state index in [9.17, 15) is 4.79 Å². The van der Waals surface area contributed by atoms with Crippen LogP contribution in [0.2, 0.25) is 0 Å². The zero-order valence-corrected chi connectivity index (χ0v) is 11.1. The van der Waals surface area contributed by atoms with Crippen LogP contribution in [0.15, 0.2) is 12.2 Å². The van der Waals surface area contributed by atoms with Crippen LogP contribution in [0.4, 0.5) is 0 Å². The lowest BCUT2D eigenvalue weighted by atomic mass is 10.3. The summed E-state index contributed by atoms with van der Waals surface area (Å²) in [5.74, 6) is -0.0382. The molecule has 7 nitrogen and oxygen atoms in total. The van der Waals surface area contributed by atoms with Crippen molar-refractivity contribution in [1.29, 1.82) is 0 Å². The summed E-state index contributed by atoms with van der Waals surface area (Å²) in [5, 5.41) is 2.79. The summed E-state index contributed by atoms with van der Waals surface area (Å²) in [4.78, 5) is 12.4. The third-order valence-electron chi connectivity index (χ3n) is 1.53. The first-order chi connectivity index (χ1) is 7.54. The fraction of sp³-hybridized carbons (Fsp3) is 0.667. The van der Waals surface area contributed by atoms with Gasteiger partial charge in [-0.15, -0.1) is 0 Å². The number of nitrogens with one attached hydrogen (secondary N) is 2. The second kappa shape index (κ2) is 9.11. The van der Waals surface area contributed by atoms with E-state index in [1.165, 1.54) is 4.90 Å². The highest BCUT2D eigenvalue weighted by Crippen LogP contribution is 1.84. The average Bonchev–Trinajstić information content (AvgIpc) is 2.08. The molecule has 0 heterocycles. The number of amides is 1. The molecule has 0 atom stereocenters. The van der Waals surface area contributed by atoms with Crippen molar-refractivity contribution in [3.63, 3.8) is 0 Å². The number of quaternary nitrogens is 1. The molecule has 0 saturated heterocycles. The van der Waals surface area contributed by atoms with Crippen molar-refractivity contribution in [3.8, 4) is 0 Å². The van der Waals surface area contributed by atoms with Crippen molar-refractivity contribution in [2.45, 2.75) is 13.3 Å². The number of hydrogen-bond donors (Lipinski definition) is 3. The van der Waals surface area contributed by atoms with Gasteiger partial charge in [-0.1, -0.05) is 6.58 Å². The largest absolute Gasteiger partial charge is 0.726 e. The lowest BCUT2D eigenvalue weighted by Crippen LogP contribution is -3.05. The molecule has 8 heteroatoms. The zero-order valence-electron chi connectivity index (χ0n) is 10.3. The second-order valence-corrected chi connectivity index (χ2v) is 4.63. The van der Waals surface area contributed by atoms with E-state index in [1.54, 1.807) is 6.92 Å². The quantitative estimate of drug-likeness (QED) is 0.236. The molecule has 0 rings (SSSR count). The molecule has 102 valence electrons. The van der Waals surface area contributed by atoms with Gasteiger partial charge >= 0.3 is 0 Å². The summed E-state index contributed by atoms with van der Waals surface area (Å²) in [6, 6.07) is 0. The first kappa shape index (κ1) is 18.4. The monoisotopic (exact) mass is 268 g/mol. The molecule has 1 amide bonds. The number of rotatable bonds is 5. The predicted octanol–water partition coefficient (Wildman–Crippen LogP) is -1.78. The summed E-state index contributed by atoms with van der Waals surface area (Å²) in [7, 11) is -0.721. The molecule has 0 aromatic heterocycles. The first-order valence-corrected chi connectivity index (χ1v) is 6.31. The topological polar surface area (TPSA) is 111 Å². The molecule has 0 spiro atoms. The molecule has 3 N–H and O–H groups in total.